The molecule has 0 unspecified atom stereocenters. The topological polar surface area (TPSA) is 47.3 Å². The number of alkyl halides is 2. The van der Waals surface area contributed by atoms with E-state index < -0.39 is 6.61 Å². The molecular weight excluding hydrogens is 138 g/mol. The van der Waals surface area contributed by atoms with Gasteiger partial charge in [-0.05, 0) is 12.2 Å². The average molecular weight is 142 g/mol. The Balaban J connectivity index is 3.05. The van der Waals surface area contributed by atoms with Gasteiger partial charge in [-0.2, -0.15) is 8.78 Å². The molecule has 0 radical (unpaired) electrons. The standard InChI is InChI=1S/C2H4F2N2OS/c3-1(4)7-6-2(5)8/h1H,(H3,5,6,8). The minimum atomic E-state index is -2.89. The quantitative estimate of drug-likeness (QED) is 0.420. The fourth-order valence-corrected chi connectivity index (χ4v) is 0.151. The lowest BCUT2D eigenvalue weighted by atomic mass is 11.2. The van der Waals surface area contributed by atoms with Crippen molar-refractivity contribution in [2.45, 2.75) is 6.61 Å². The predicted molar refractivity (Wildman–Crippen MR) is 27.0 cm³/mol. The first-order valence-electron chi connectivity index (χ1n) is 1.62. The van der Waals surface area contributed by atoms with Gasteiger partial charge in [-0.25, -0.2) is 10.3 Å². The van der Waals surface area contributed by atoms with Gasteiger partial charge < -0.3 is 5.73 Å². The Kier molecular flexibility index (Phi) is 3.29. The van der Waals surface area contributed by atoms with Gasteiger partial charge in [-0.1, -0.05) is 0 Å². The lowest BCUT2D eigenvalue weighted by molar-refractivity contribution is -0.154. The van der Waals surface area contributed by atoms with Crippen LogP contribution < -0.4 is 11.2 Å². The zero-order valence-corrected chi connectivity index (χ0v) is 4.54. The Morgan fingerprint density at radius 3 is 2.38 bits per heavy atom. The molecule has 0 aromatic rings. The predicted octanol–water partition coefficient (Wildman–Crippen LogP) is -0.0262. The van der Waals surface area contributed by atoms with E-state index in [1.54, 1.807) is 5.48 Å². The van der Waals surface area contributed by atoms with Crippen molar-refractivity contribution in [1.82, 2.24) is 5.48 Å². The molecule has 0 atom stereocenters. The molecular formula is C2H4F2N2OS. The highest BCUT2D eigenvalue weighted by Crippen LogP contribution is 1.88. The fourth-order valence-electron chi connectivity index (χ4n) is 0.103. The first-order valence-corrected chi connectivity index (χ1v) is 2.03. The molecule has 48 valence electrons. The largest absolute Gasteiger partial charge is 0.375 e. The van der Waals surface area contributed by atoms with Crippen LogP contribution in [-0.2, 0) is 4.84 Å². The molecule has 0 aliphatic heterocycles. The second kappa shape index (κ2) is 3.50. The third-order valence-electron chi connectivity index (χ3n) is 0.249. The zero-order chi connectivity index (χ0) is 6.57. The summed E-state index contributed by atoms with van der Waals surface area (Å²) in [6, 6.07) is 0. The second-order valence-corrected chi connectivity index (χ2v) is 1.28. The van der Waals surface area contributed by atoms with Crippen molar-refractivity contribution >= 4 is 17.3 Å². The summed E-state index contributed by atoms with van der Waals surface area (Å²) in [4.78, 5) is 3.45. The molecule has 3 N–H and O–H groups in total. The van der Waals surface area contributed by atoms with E-state index in [2.05, 4.69) is 17.1 Å². The minimum Gasteiger partial charge on any atom is -0.375 e. The number of hydrogen-bond acceptors (Lipinski definition) is 2. The third kappa shape index (κ3) is 5.51. The highest BCUT2D eigenvalue weighted by Gasteiger charge is 1.99. The van der Waals surface area contributed by atoms with Crippen LogP contribution in [0.1, 0.15) is 0 Å². The van der Waals surface area contributed by atoms with Crippen molar-refractivity contribution in [3.8, 4) is 0 Å². The zero-order valence-electron chi connectivity index (χ0n) is 3.73. The van der Waals surface area contributed by atoms with Crippen LogP contribution in [-0.4, -0.2) is 11.7 Å². The SMILES string of the molecule is NC(=S)NOC(F)F. The molecule has 0 rings (SSSR count). The van der Waals surface area contributed by atoms with E-state index in [9.17, 15) is 8.78 Å². The average Bonchev–Trinajstić information content (AvgIpc) is 1.61. The molecule has 0 spiro atoms. The second-order valence-electron chi connectivity index (χ2n) is 0.845. The van der Waals surface area contributed by atoms with E-state index >= 15 is 0 Å². The number of hydrogen-bond donors (Lipinski definition) is 2. The van der Waals surface area contributed by atoms with Crippen LogP contribution >= 0.6 is 12.2 Å². The van der Waals surface area contributed by atoms with Gasteiger partial charge in [0.25, 0.3) is 0 Å². The van der Waals surface area contributed by atoms with Gasteiger partial charge in [0.1, 0.15) is 0 Å². The highest BCUT2D eigenvalue weighted by molar-refractivity contribution is 7.80. The summed E-state index contributed by atoms with van der Waals surface area (Å²) >= 11 is 4.12. The fraction of sp³-hybridized carbons (Fsp3) is 0.500. The molecule has 3 nitrogen and oxygen atoms in total. The minimum absolute atomic E-state index is 0.315. The number of halogens is 2. The highest BCUT2D eigenvalue weighted by atomic mass is 32.1. The van der Waals surface area contributed by atoms with E-state index in [1.807, 2.05) is 0 Å². The van der Waals surface area contributed by atoms with E-state index in [1.165, 1.54) is 0 Å². The first-order chi connectivity index (χ1) is 3.63. The van der Waals surface area contributed by atoms with Crippen molar-refractivity contribution in [3.05, 3.63) is 0 Å². The van der Waals surface area contributed by atoms with Gasteiger partial charge in [-0.15, -0.1) is 0 Å². The third-order valence-corrected chi connectivity index (χ3v) is 0.332. The van der Waals surface area contributed by atoms with Crippen LogP contribution in [0.15, 0.2) is 0 Å². The number of rotatable bonds is 2. The summed E-state index contributed by atoms with van der Waals surface area (Å²) < 4.78 is 22.0. The number of nitrogens with two attached hydrogens (primary N) is 1. The molecule has 0 saturated carbocycles. The molecule has 0 aromatic heterocycles. The van der Waals surface area contributed by atoms with Crippen molar-refractivity contribution < 1.29 is 13.6 Å². The van der Waals surface area contributed by atoms with Crippen LogP contribution in [0.25, 0.3) is 0 Å². The molecule has 0 amide bonds. The number of nitrogens with one attached hydrogen (secondary N) is 1. The lowest BCUT2D eigenvalue weighted by Crippen LogP contribution is -2.30. The van der Waals surface area contributed by atoms with Crippen molar-refractivity contribution in [1.29, 1.82) is 0 Å². The Bertz CT molecular complexity index is 88.1. The maximum atomic E-state index is 11.0. The Labute approximate surface area is 49.8 Å². The monoisotopic (exact) mass is 142 g/mol. The van der Waals surface area contributed by atoms with Crippen molar-refractivity contribution in [3.63, 3.8) is 0 Å². The van der Waals surface area contributed by atoms with Crippen LogP contribution in [0.2, 0.25) is 0 Å². The lowest BCUT2D eigenvalue weighted by Gasteiger charge is -2.00. The Morgan fingerprint density at radius 2 is 2.25 bits per heavy atom. The molecule has 0 aliphatic rings. The van der Waals surface area contributed by atoms with Gasteiger partial charge in [0.15, 0.2) is 5.11 Å². The summed E-state index contributed by atoms with van der Waals surface area (Å²) in [5.74, 6) is 0. The van der Waals surface area contributed by atoms with Crippen molar-refractivity contribution in [2.24, 2.45) is 5.73 Å². The summed E-state index contributed by atoms with van der Waals surface area (Å²) in [6.45, 7) is -2.89. The molecule has 0 aliphatic carbocycles. The maximum Gasteiger partial charge on any atom is 0.364 e. The molecule has 0 bridgehead atoms. The Morgan fingerprint density at radius 1 is 1.75 bits per heavy atom. The van der Waals surface area contributed by atoms with Crippen LogP contribution in [0.5, 0.6) is 0 Å². The van der Waals surface area contributed by atoms with Gasteiger partial charge in [-0.3, -0.25) is 0 Å². The molecule has 0 heterocycles. The van der Waals surface area contributed by atoms with Gasteiger partial charge in [0, 0.05) is 0 Å². The van der Waals surface area contributed by atoms with Crippen LogP contribution in [0.3, 0.4) is 0 Å². The van der Waals surface area contributed by atoms with E-state index in [0.717, 1.165) is 0 Å². The molecule has 8 heavy (non-hydrogen) atoms. The molecule has 6 heteroatoms. The maximum absolute atomic E-state index is 11.0. The van der Waals surface area contributed by atoms with E-state index in [0.29, 0.717) is 0 Å². The summed E-state index contributed by atoms with van der Waals surface area (Å²) in [5.41, 5.74) is 6.31. The van der Waals surface area contributed by atoms with Gasteiger partial charge >= 0.3 is 6.61 Å². The van der Waals surface area contributed by atoms with Crippen molar-refractivity contribution in [2.75, 3.05) is 0 Å². The Hall–Kier alpha value is -0.490. The number of hydroxylamine groups is 1. The van der Waals surface area contributed by atoms with E-state index in [4.69, 9.17) is 5.73 Å². The van der Waals surface area contributed by atoms with Crippen LogP contribution in [0.4, 0.5) is 8.78 Å². The first kappa shape index (κ1) is 7.51. The van der Waals surface area contributed by atoms with Crippen LogP contribution in [0, 0.1) is 0 Å². The molecule has 0 fully saturated rings. The molecule has 0 saturated heterocycles. The summed E-state index contributed by atoms with van der Waals surface area (Å²) in [5, 5.41) is -0.315. The van der Waals surface area contributed by atoms with E-state index in [-0.39, 0.29) is 5.11 Å². The number of thiocarbonyl (C=S) groups is 1. The summed E-state index contributed by atoms with van der Waals surface area (Å²) in [6.07, 6.45) is 0. The smallest absolute Gasteiger partial charge is 0.364 e. The van der Waals surface area contributed by atoms with Gasteiger partial charge in [0.05, 0.1) is 0 Å². The van der Waals surface area contributed by atoms with Gasteiger partial charge in [0.2, 0.25) is 0 Å². The normalized spacial score (nSPS) is 9.38. The molecule has 0 aromatic carbocycles. The summed E-state index contributed by atoms with van der Waals surface area (Å²) in [7, 11) is 0.